The molecule has 0 fully saturated rings. The maximum absolute atomic E-state index is 11.4. The van der Waals surface area contributed by atoms with Gasteiger partial charge in [-0.1, -0.05) is 6.07 Å². The lowest BCUT2D eigenvalue weighted by atomic mass is 10.2. The molecule has 1 heterocycles. The molecule has 0 atom stereocenters. The van der Waals surface area contributed by atoms with Crippen LogP contribution in [0.25, 0.3) is 0 Å². The second-order valence-corrected chi connectivity index (χ2v) is 3.98. The zero-order valence-corrected chi connectivity index (χ0v) is 10.8. The highest BCUT2D eigenvalue weighted by atomic mass is 16.5. The Hall–Kier alpha value is -1.46. The molecule has 1 aromatic heterocycles. The fraction of sp³-hybridized carbons (Fsp3) is 0.538. The fourth-order valence-corrected chi connectivity index (χ4v) is 1.49. The molecule has 0 saturated heterocycles. The first-order valence-electron chi connectivity index (χ1n) is 6.18. The number of hydrogen-bond acceptors (Lipinski definition) is 4. The Morgan fingerprint density at radius 1 is 1.44 bits per heavy atom. The Kier molecular flexibility index (Phi) is 7.75. The predicted octanol–water partition coefficient (Wildman–Crippen LogP) is 0.366. The number of aromatic nitrogens is 1. The summed E-state index contributed by atoms with van der Waals surface area (Å²) in [6.45, 7) is 2.47. The number of amides is 1. The van der Waals surface area contributed by atoms with E-state index in [-0.39, 0.29) is 5.91 Å². The standard InChI is InChI=1S/C13H21N3O2/c1-18-9-3-7-16-13(17)11-15-8-5-12-4-2-6-14-10-12/h2,4,6,10,15H,3,5,7-9,11H2,1H3,(H,16,17). The highest BCUT2D eigenvalue weighted by molar-refractivity contribution is 5.77. The van der Waals surface area contributed by atoms with Crippen molar-refractivity contribution in [3.8, 4) is 0 Å². The van der Waals surface area contributed by atoms with E-state index in [1.807, 2.05) is 18.3 Å². The van der Waals surface area contributed by atoms with Crippen LogP contribution in [0.2, 0.25) is 0 Å². The van der Waals surface area contributed by atoms with Crippen molar-refractivity contribution in [3.05, 3.63) is 30.1 Å². The van der Waals surface area contributed by atoms with E-state index in [9.17, 15) is 4.79 Å². The summed E-state index contributed by atoms with van der Waals surface area (Å²) < 4.78 is 4.90. The average Bonchev–Trinajstić information content (AvgIpc) is 2.41. The van der Waals surface area contributed by atoms with Crippen LogP contribution in [0.15, 0.2) is 24.5 Å². The van der Waals surface area contributed by atoms with E-state index >= 15 is 0 Å². The van der Waals surface area contributed by atoms with Crippen LogP contribution in [0.4, 0.5) is 0 Å². The smallest absolute Gasteiger partial charge is 0.233 e. The first kappa shape index (κ1) is 14.6. The monoisotopic (exact) mass is 251 g/mol. The first-order valence-corrected chi connectivity index (χ1v) is 6.18. The molecule has 0 aromatic carbocycles. The number of nitrogens with zero attached hydrogens (tertiary/aromatic N) is 1. The van der Waals surface area contributed by atoms with Gasteiger partial charge in [-0.3, -0.25) is 9.78 Å². The first-order chi connectivity index (χ1) is 8.83. The highest BCUT2D eigenvalue weighted by Crippen LogP contribution is 1.94. The quantitative estimate of drug-likeness (QED) is 0.622. The second-order valence-electron chi connectivity index (χ2n) is 3.98. The molecule has 5 heteroatoms. The zero-order valence-electron chi connectivity index (χ0n) is 10.8. The summed E-state index contributed by atoms with van der Waals surface area (Å²) in [6, 6.07) is 3.94. The Labute approximate surface area is 108 Å². The third kappa shape index (κ3) is 6.98. The molecule has 1 amide bonds. The summed E-state index contributed by atoms with van der Waals surface area (Å²) in [6.07, 6.45) is 5.32. The number of carbonyl (C=O) groups is 1. The number of carbonyl (C=O) groups excluding carboxylic acids is 1. The molecule has 2 N–H and O–H groups in total. The molecule has 0 radical (unpaired) electrons. The Morgan fingerprint density at radius 3 is 3.06 bits per heavy atom. The van der Waals surface area contributed by atoms with Crippen molar-refractivity contribution in [1.29, 1.82) is 0 Å². The van der Waals surface area contributed by atoms with Gasteiger partial charge in [-0.05, 0) is 31.0 Å². The molecule has 5 nitrogen and oxygen atoms in total. The summed E-state index contributed by atoms with van der Waals surface area (Å²) in [4.78, 5) is 15.4. The lowest BCUT2D eigenvalue weighted by molar-refractivity contribution is -0.120. The van der Waals surface area contributed by atoms with E-state index in [2.05, 4.69) is 15.6 Å². The number of pyridine rings is 1. The Morgan fingerprint density at radius 2 is 2.33 bits per heavy atom. The lowest BCUT2D eigenvalue weighted by Gasteiger charge is -2.06. The minimum absolute atomic E-state index is 0.0253. The van der Waals surface area contributed by atoms with Crippen LogP contribution in [0, 0.1) is 0 Å². The van der Waals surface area contributed by atoms with Crippen LogP contribution in [-0.4, -0.2) is 44.2 Å². The summed E-state index contributed by atoms with van der Waals surface area (Å²) in [5.74, 6) is 0.0253. The van der Waals surface area contributed by atoms with Gasteiger partial charge in [-0.2, -0.15) is 0 Å². The van der Waals surface area contributed by atoms with Crippen molar-refractivity contribution in [3.63, 3.8) is 0 Å². The Bertz CT molecular complexity index is 330. The SMILES string of the molecule is COCCCNC(=O)CNCCc1cccnc1. The van der Waals surface area contributed by atoms with E-state index in [0.29, 0.717) is 19.7 Å². The third-order valence-corrected chi connectivity index (χ3v) is 2.45. The molecule has 1 rings (SSSR count). The summed E-state index contributed by atoms with van der Waals surface area (Å²) in [5.41, 5.74) is 1.17. The van der Waals surface area contributed by atoms with E-state index in [0.717, 1.165) is 19.4 Å². The molecule has 18 heavy (non-hydrogen) atoms. The zero-order chi connectivity index (χ0) is 13.1. The third-order valence-electron chi connectivity index (χ3n) is 2.45. The summed E-state index contributed by atoms with van der Waals surface area (Å²) in [7, 11) is 1.65. The van der Waals surface area contributed by atoms with Crippen molar-refractivity contribution >= 4 is 5.91 Å². The van der Waals surface area contributed by atoms with E-state index in [1.54, 1.807) is 13.3 Å². The molecule has 100 valence electrons. The van der Waals surface area contributed by atoms with Gasteiger partial charge in [0.05, 0.1) is 6.54 Å². The molecule has 0 saturated carbocycles. The van der Waals surface area contributed by atoms with Crippen LogP contribution >= 0.6 is 0 Å². The summed E-state index contributed by atoms with van der Waals surface area (Å²) in [5, 5.41) is 5.93. The average molecular weight is 251 g/mol. The van der Waals surface area contributed by atoms with Gasteiger partial charge in [0, 0.05) is 32.7 Å². The van der Waals surface area contributed by atoms with Gasteiger partial charge >= 0.3 is 0 Å². The highest BCUT2D eigenvalue weighted by Gasteiger charge is 1.99. The van der Waals surface area contributed by atoms with Gasteiger partial charge in [0.1, 0.15) is 0 Å². The van der Waals surface area contributed by atoms with Crippen molar-refractivity contribution in [1.82, 2.24) is 15.6 Å². The van der Waals surface area contributed by atoms with Crippen LogP contribution in [-0.2, 0) is 16.0 Å². The number of ether oxygens (including phenoxy) is 1. The van der Waals surface area contributed by atoms with Crippen molar-refractivity contribution in [2.24, 2.45) is 0 Å². The molecule has 1 aromatic rings. The van der Waals surface area contributed by atoms with Crippen LogP contribution < -0.4 is 10.6 Å². The predicted molar refractivity (Wildman–Crippen MR) is 70.3 cm³/mol. The molecule has 0 unspecified atom stereocenters. The number of hydrogen-bond donors (Lipinski definition) is 2. The van der Waals surface area contributed by atoms with Crippen LogP contribution in [0.5, 0.6) is 0 Å². The van der Waals surface area contributed by atoms with Gasteiger partial charge in [-0.15, -0.1) is 0 Å². The van der Waals surface area contributed by atoms with Gasteiger partial charge in [-0.25, -0.2) is 0 Å². The van der Waals surface area contributed by atoms with E-state index in [1.165, 1.54) is 5.56 Å². The number of methoxy groups -OCH3 is 1. The largest absolute Gasteiger partial charge is 0.385 e. The topological polar surface area (TPSA) is 63.2 Å². The van der Waals surface area contributed by atoms with Crippen molar-refractivity contribution in [2.75, 3.05) is 33.4 Å². The molecule has 0 bridgehead atoms. The molecule has 0 aliphatic carbocycles. The van der Waals surface area contributed by atoms with Crippen molar-refractivity contribution in [2.45, 2.75) is 12.8 Å². The van der Waals surface area contributed by atoms with E-state index < -0.39 is 0 Å². The molecule has 0 spiro atoms. The fourth-order valence-electron chi connectivity index (χ4n) is 1.49. The molecule has 0 aliphatic heterocycles. The molecule has 0 aliphatic rings. The van der Waals surface area contributed by atoms with Crippen LogP contribution in [0.1, 0.15) is 12.0 Å². The van der Waals surface area contributed by atoms with Crippen molar-refractivity contribution < 1.29 is 9.53 Å². The van der Waals surface area contributed by atoms with Gasteiger partial charge in [0.25, 0.3) is 0 Å². The maximum atomic E-state index is 11.4. The lowest BCUT2D eigenvalue weighted by Crippen LogP contribution is -2.35. The minimum atomic E-state index is 0.0253. The number of nitrogens with one attached hydrogen (secondary N) is 2. The molecular weight excluding hydrogens is 230 g/mol. The van der Waals surface area contributed by atoms with Gasteiger partial charge in [0.2, 0.25) is 5.91 Å². The van der Waals surface area contributed by atoms with Gasteiger partial charge < -0.3 is 15.4 Å². The van der Waals surface area contributed by atoms with Gasteiger partial charge in [0.15, 0.2) is 0 Å². The van der Waals surface area contributed by atoms with Crippen LogP contribution in [0.3, 0.4) is 0 Å². The Balaban J connectivity index is 1.99. The normalized spacial score (nSPS) is 10.3. The minimum Gasteiger partial charge on any atom is -0.385 e. The summed E-state index contributed by atoms with van der Waals surface area (Å²) >= 11 is 0. The second kappa shape index (κ2) is 9.56. The number of rotatable bonds is 9. The van der Waals surface area contributed by atoms with E-state index in [4.69, 9.17) is 4.74 Å². The maximum Gasteiger partial charge on any atom is 0.233 e. The molecular formula is C13H21N3O2.